The minimum absolute atomic E-state index is 0.178. The third-order valence-corrected chi connectivity index (χ3v) is 4.33. The summed E-state index contributed by atoms with van der Waals surface area (Å²) < 4.78 is 15.9. The fourth-order valence-electron chi connectivity index (χ4n) is 2.82. The Morgan fingerprint density at radius 3 is 2.27 bits per heavy atom. The number of pyridine rings is 1. The van der Waals surface area contributed by atoms with E-state index in [1.807, 2.05) is 6.07 Å². The lowest BCUT2D eigenvalue weighted by molar-refractivity contribution is 0.104. The molecule has 0 aliphatic heterocycles. The van der Waals surface area contributed by atoms with Crippen molar-refractivity contribution in [2.75, 3.05) is 26.6 Å². The lowest BCUT2D eigenvalue weighted by Gasteiger charge is -2.13. The average Bonchev–Trinajstić information content (AvgIpc) is 2.78. The number of hydrogen-bond acceptors (Lipinski definition) is 7. The largest absolute Gasteiger partial charge is 0.508 e. The fraction of sp³-hybridized carbons (Fsp3) is 0.130. The monoisotopic (exact) mass is 406 g/mol. The Balaban J connectivity index is 1.86. The molecule has 0 amide bonds. The molecule has 0 saturated heterocycles. The van der Waals surface area contributed by atoms with Gasteiger partial charge in [-0.25, -0.2) is 4.98 Å². The van der Waals surface area contributed by atoms with Crippen molar-refractivity contribution in [3.63, 3.8) is 0 Å². The van der Waals surface area contributed by atoms with Crippen molar-refractivity contribution in [3.8, 4) is 23.0 Å². The molecule has 7 heteroatoms. The predicted molar refractivity (Wildman–Crippen MR) is 115 cm³/mol. The number of nitrogens with zero attached hydrogens (tertiary/aromatic N) is 1. The Morgan fingerprint density at radius 2 is 1.67 bits per heavy atom. The van der Waals surface area contributed by atoms with Crippen LogP contribution in [0.1, 0.15) is 15.9 Å². The number of anilines is 2. The van der Waals surface area contributed by atoms with Gasteiger partial charge in [0, 0.05) is 23.0 Å². The first-order valence-corrected chi connectivity index (χ1v) is 9.09. The highest BCUT2D eigenvalue weighted by atomic mass is 16.5. The van der Waals surface area contributed by atoms with Gasteiger partial charge in [0.2, 0.25) is 5.75 Å². The number of carbonyl (C=O) groups is 1. The van der Waals surface area contributed by atoms with Crippen LogP contribution >= 0.6 is 0 Å². The van der Waals surface area contributed by atoms with E-state index < -0.39 is 0 Å². The molecule has 0 spiro atoms. The first-order valence-electron chi connectivity index (χ1n) is 9.09. The maximum atomic E-state index is 12.8. The zero-order valence-electron chi connectivity index (χ0n) is 16.9. The van der Waals surface area contributed by atoms with Crippen molar-refractivity contribution in [1.82, 2.24) is 4.98 Å². The van der Waals surface area contributed by atoms with Crippen molar-refractivity contribution in [1.29, 1.82) is 0 Å². The molecule has 0 fully saturated rings. The number of ether oxygens (including phenoxy) is 3. The van der Waals surface area contributed by atoms with Gasteiger partial charge in [0.15, 0.2) is 17.3 Å². The second-order valence-electron chi connectivity index (χ2n) is 6.22. The van der Waals surface area contributed by atoms with Crippen LogP contribution in [0.3, 0.4) is 0 Å². The summed E-state index contributed by atoms with van der Waals surface area (Å²) >= 11 is 0. The molecular formula is C23H22N2O5. The minimum atomic E-state index is -0.228. The number of methoxy groups -OCH3 is 3. The number of phenolic OH excluding ortho intramolecular Hbond substituents is 1. The molecule has 2 aromatic carbocycles. The van der Waals surface area contributed by atoms with Gasteiger partial charge in [-0.05, 0) is 60.7 Å². The van der Waals surface area contributed by atoms with Gasteiger partial charge in [0.1, 0.15) is 11.6 Å². The van der Waals surface area contributed by atoms with E-state index in [-0.39, 0.29) is 11.5 Å². The Labute approximate surface area is 174 Å². The highest BCUT2D eigenvalue weighted by molar-refractivity contribution is 6.07. The van der Waals surface area contributed by atoms with E-state index in [4.69, 9.17) is 14.2 Å². The van der Waals surface area contributed by atoms with E-state index in [9.17, 15) is 9.90 Å². The van der Waals surface area contributed by atoms with Crippen LogP contribution in [0.2, 0.25) is 0 Å². The summed E-state index contributed by atoms with van der Waals surface area (Å²) in [5, 5.41) is 12.6. The third kappa shape index (κ3) is 4.70. The number of carbonyl (C=O) groups excluding carboxylic acids is 1. The van der Waals surface area contributed by atoms with Crippen LogP contribution in [0.15, 0.2) is 60.8 Å². The molecule has 30 heavy (non-hydrogen) atoms. The van der Waals surface area contributed by atoms with Crippen molar-refractivity contribution in [2.24, 2.45) is 0 Å². The molecule has 1 heterocycles. The second-order valence-corrected chi connectivity index (χ2v) is 6.22. The van der Waals surface area contributed by atoms with Gasteiger partial charge in [0.25, 0.3) is 0 Å². The molecular weight excluding hydrogens is 384 g/mol. The molecule has 3 aromatic rings. The quantitative estimate of drug-likeness (QED) is 0.324. The summed E-state index contributed by atoms with van der Waals surface area (Å²) in [5.74, 6) is 1.77. The molecule has 0 aliphatic rings. The maximum Gasteiger partial charge on any atom is 0.203 e. The van der Waals surface area contributed by atoms with E-state index in [0.717, 1.165) is 11.3 Å². The number of nitrogens with one attached hydrogen (secondary N) is 1. The molecule has 0 bridgehead atoms. The smallest absolute Gasteiger partial charge is 0.203 e. The van der Waals surface area contributed by atoms with Crippen LogP contribution in [0.4, 0.5) is 11.5 Å². The van der Waals surface area contributed by atoms with Crippen molar-refractivity contribution in [2.45, 2.75) is 0 Å². The van der Waals surface area contributed by atoms with Crippen molar-refractivity contribution < 1.29 is 24.1 Å². The van der Waals surface area contributed by atoms with E-state index >= 15 is 0 Å². The maximum absolute atomic E-state index is 12.8. The molecule has 2 N–H and O–H groups in total. The lowest BCUT2D eigenvalue weighted by Crippen LogP contribution is -2.01. The summed E-state index contributed by atoms with van der Waals surface area (Å²) in [4.78, 5) is 17.1. The summed E-state index contributed by atoms with van der Waals surface area (Å²) in [6, 6.07) is 13.5. The van der Waals surface area contributed by atoms with Gasteiger partial charge < -0.3 is 24.6 Å². The Kier molecular flexibility index (Phi) is 6.54. The lowest BCUT2D eigenvalue weighted by atomic mass is 10.1. The first-order chi connectivity index (χ1) is 14.5. The summed E-state index contributed by atoms with van der Waals surface area (Å²) in [7, 11) is 4.50. The third-order valence-electron chi connectivity index (χ3n) is 4.33. The van der Waals surface area contributed by atoms with Crippen LogP contribution in [0.25, 0.3) is 6.08 Å². The SMILES string of the molecule is COc1cc(C(=O)C=Cc2cccnc2Nc2ccc(O)cc2)cc(OC)c1OC. The number of benzene rings is 2. The highest BCUT2D eigenvalue weighted by Gasteiger charge is 2.16. The number of phenols is 1. The van der Waals surface area contributed by atoms with Gasteiger partial charge >= 0.3 is 0 Å². The van der Waals surface area contributed by atoms with Gasteiger partial charge in [-0.15, -0.1) is 0 Å². The van der Waals surface area contributed by atoms with Gasteiger partial charge in [0.05, 0.1) is 21.3 Å². The van der Waals surface area contributed by atoms with E-state index in [1.165, 1.54) is 27.4 Å². The Hall–Kier alpha value is -4.00. The van der Waals surface area contributed by atoms with Crippen molar-refractivity contribution >= 4 is 23.4 Å². The minimum Gasteiger partial charge on any atom is -0.508 e. The number of hydrogen-bond donors (Lipinski definition) is 2. The first kappa shape index (κ1) is 20.7. The number of ketones is 1. The number of allylic oxidation sites excluding steroid dienone is 1. The van der Waals surface area contributed by atoms with Crippen LogP contribution in [0.5, 0.6) is 23.0 Å². The van der Waals surface area contributed by atoms with Gasteiger partial charge in [-0.3, -0.25) is 4.79 Å². The summed E-state index contributed by atoms with van der Waals surface area (Å²) in [5.41, 5.74) is 1.89. The van der Waals surface area contributed by atoms with Gasteiger partial charge in [-0.2, -0.15) is 0 Å². The topological polar surface area (TPSA) is 89.9 Å². The van der Waals surface area contributed by atoms with Crippen LogP contribution in [-0.2, 0) is 0 Å². The summed E-state index contributed by atoms with van der Waals surface area (Å²) in [6.45, 7) is 0. The molecule has 0 atom stereocenters. The molecule has 0 unspecified atom stereocenters. The van der Waals surface area contributed by atoms with E-state index in [2.05, 4.69) is 10.3 Å². The van der Waals surface area contributed by atoms with E-state index in [0.29, 0.717) is 28.6 Å². The van der Waals surface area contributed by atoms with Gasteiger partial charge in [-0.1, -0.05) is 0 Å². The molecule has 0 aliphatic carbocycles. The standard InChI is InChI=1S/C23H22N2O5/c1-28-20-13-16(14-21(29-2)22(20)30-3)19(27)11-6-15-5-4-12-24-23(15)25-17-7-9-18(26)10-8-17/h4-14,26H,1-3H3,(H,24,25). The Bertz CT molecular complexity index is 1040. The number of aromatic hydroxyl groups is 1. The molecule has 154 valence electrons. The normalized spacial score (nSPS) is 10.6. The Morgan fingerprint density at radius 1 is 1.00 bits per heavy atom. The number of aromatic nitrogens is 1. The fourth-order valence-corrected chi connectivity index (χ4v) is 2.82. The zero-order valence-corrected chi connectivity index (χ0v) is 16.9. The van der Waals surface area contributed by atoms with Crippen LogP contribution in [0, 0.1) is 0 Å². The highest BCUT2D eigenvalue weighted by Crippen LogP contribution is 2.38. The summed E-state index contributed by atoms with van der Waals surface area (Å²) in [6.07, 6.45) is 4.79. The predicted octanol–water partition coefficient (Wildman–Crippen LogP) is 4.45. The molecule has 1 aromatic heterocycles. The van der Waals surface area contributed by atoms with Crippen molar-refractivity contribution in [3.05, 3.63) is 71.9 Å². The van der Waals surface area contributed by atoms with E-state index in [1.54, 1.807) is 54.7 Å². The van der Waals surface area contributed by atoms with Crippen LogP contribution < -0.4 is 19.5 Å². The number of rotatable bonds is 8. The molecule has 0 radical (unpaired) electrons. The zero-order chi connectivity index (χ0) is 21.5. The molecule has 7 nitrogen and oxygen atoms in total. The van der Waals surface area contributed by atoms with Crippen LogP contribution in [-0.4, -0.2) is 37.2 Å². The molecule has 0 saturated carbocycles. The second kappa shape index (κ2) is 9.47. The average molecular weight is 406 g/mol. The molecule has 3 rings (SSSR count).